The van der Waals surface area contributed by atoms with Crippen molar-refractivity contribution < 1.29 is 14.7 Å². The van der Waals surface area contributed by atoms with Crippen LogP contribution >= 0.6 is 0 Å². The lowest BCUT2D eigenvalue weighted by molar-refractivity contribution is -0.149. The highest BCUT2D eigenvalue weighted by Crippen LogP contribution is 2.26. The molecule has 2 rings (SSSR count). The number of carboxylic acids is 1. The number of aliphatic carboxylic acids is 1. The molecule has 3 N–H and O–H groups in total. The second-order valence-electron chi connectivity index (χ2n) is 5.56. The van der Waals surface area contributed by atoms with Crippen LogP contribution in [0.25, 0.3) is 10.9 Å². The van der Waals surface area contributed by atoms with Crippen LogP contribution in [-0.4, -0.2) is 33.7 Å². The number of hydrogen-bond acceptors (Lipinski definition) is 3. The van der Waals surface area contributed by atoms with E-state index in [1.807, 2.05) is 32.9 Å². The van der Waals surface area contributed by atoms with Crippen molar-refractivity contribution in [2.75, 3.05) is 6.54 Å². The van der Waals surface area contributed by atoms with Gasteiger partial charge >= 0.3 is 5.97 Å². The van der Waals surface area contributed by atoms with Crippen LogP contribution in [0, 0.1) is 12.3 Å². The summed E-state index contributed by atoms with van der Waals surface area (Å²) in [5.74, 6) is -1.15. The van der Waals surface area contributed by atoms with E-state index in [2.05, 4.69) is 15.5 Å². The van der Waals surface area contributed by atoms with E-state index in [1.165, 1.54) is 0 Å². The number of aromatic nitrogens is 2. The smallest absolute Gasteiger partial charge is 0.311 e. The summed E-state index contributed by atoms with van der Waals surface area (Å²) in [6.07, 6.45) is 2.54. The van der Waals surface area contributed by atoms with Crippen molar-refractivity contribution in [3.63, 3.8) is 0 Å². The highest BCUT2D eigenvalue weighted by Gasteiger charge is 2.35. The van der Waals surface area contributed by atoms with Crippen molar-refractivity contribution in [3.05, 3.63) is 29.5 Å². The molecule has 0 spiro atoms. The van der Waals surface area contributed by atoms with Crippen LogP contribution in [0.4, 0.5) is 0 Å². The maximum Gasteiger partial charge on any atom is 0.311 e. The van der Waals surface area contributed by atoms with Crippen molar-refractivity contribution in [3.8, 4) is 0 Å². The van der Waals surface area contributed by atoms with Crippen LogP contribution in [0.3, 0.4) is 0 Å². The fraction of sp³-hybridized carbons (Fsp3) is 0.438. The zero-order chi connectivity index (χ0) is 16.3. The topological polar surface area (TPSA) is 95.1 Å². The lowest BCUT2D eigenvalue weighted by Gasteiger charge is -2.27. The summed E-state index contributed by atoms with van der Waals surface area (Å²) in [6, 6.07) is 3.72. The maximum atomic E-state index is 12.5. The van der Waals surface area contributed by atoms with Gasteiger partial charge in [-0.1, -0.05) is 19.9 Å². The van der Waals surface area contributed by atoms with Crippen molar-refractivity contribution >= 4 is 22.8 Å². The summed E-state index contributed by atoms with van der Waals surface area (Å²) in [6.45, 7) is 5.62. The molecule has 0 aliphatic carbocycles. The van der Waals surface area contributed by atoms with Crippen LogP contribution in [0.5, 0.6) is 0 Å². The van der Waals surface area contributed by atoms with Crippen LogP contribution in [0.2, 0.25) is 0 Å². The van der Waals surface area contributed by atoms with Crippen LogP contribution < -0.4 is 5.32 Å². The molecule has 22 heavy (non-hydrogen) atoms. The van der Waals surface area contributed by atoms with E-state index in [9.17, 15) is 14.7 Å². The van der Waals surface area contributed by atoms with Crippen LogP contribution in [-0.2, 0) is 4.79 Å². The van der Waals surface area contributed by atoms with E-state index in [0.29, 0.717) is 18.4 Å². The van der Waals surface area contributed by atoms with Crippen molar-refractivity contribution in [1.29, 1.82) is 0 Å². The summed E-state index contributed by atoms with van der Waals surface area (Å²) < 4.78 is 0. The minimum Gasteiger partial charge on any atom is -0.481 e. The molecule has 0 unspecified atom stereocenters. The lowest BCUT2D eigenvalue weighted by Crippen LogP contribution is -2.42. The zero-order valence-electron chi connectivity index (χ0n) is 13.1. The molecule has 0 aliphatic rings. The van der Waals surface area contributed by atoms with E-state index >= 15 is 0 Å². The van der Waals surface area contributed by atoms with Gasteiger partial charge in [0.05, 0.1) is 22.7 Å². The van der Waals surface area contributed by atoms with E-state index in [4.69, 9.17) is 0 Å². The average molecular weight is 303 g/mol. The third-order valence-electron chi connectivity index (χ3n) is 4.45. The fourth-order valence-corrected chi connectivity index (χ4v) is 2.64. The number of benzene rings is 1. The minimum atomic E-state index is -0.923. The Balaban J connectivity index is 2.27. The SMILES string of the molecule is CCC(CC)(CNC(=O)c1c(C)ccc2[nH]ncc12)C(=O)O. The summed E-state index contributed by atoms with van der Waals surface area (Å²) in [5, 5.41) is 19.7. The van der Waals surface area contributed by atoms with Gasteiger partial charge in [-0.25, -0.2) is 0 Å². The van der Waals surface area contributed by atoms with E-state index < -0.39 is 11.4 Å². The summed E-state index contributed by atoms with van der Waals surface area (Å²) >= 11 is 0. The second kappa shape index (κ2) is 6.17. The van der Waals surface area contributed by atoms with Gasteiger partial charge in [0.15, 0.2) is 0 Å². The first-order valence-corrected chi connectivity index (χ1v) is 7.39. The predicted molar refractivity (Wildman–Crippen MR) is 83.8 cm³/mol. The van der Waals surface area contributed by atoms with Crippen LogP contribution in [0.15, 0.2) is 18.3 Å². The van der Waals surface area contributed by atoms with Crippen molar-refractivity contribution in [2.24, 2.45) is 5.41 Å². The molecule has 0 aliphatic heterocycles. The zero-order valence-corrected chi connectivity index (χ0v) is 13.1. The number of hydrogen-bond donors (Lipinski definition) is 3. The Hall–Kier alpha value is -2.37. The number of nitrogens with zero attached hydrogens (tertiary/aromatic N) is 1. The van der Waals surface area contributed by atoms with E-state index in [-0.39, 0.29) is 12.5 Å². The molecular formula is C16H21N3O3. The molecule has 1 amide bonds. The van der Waals surface area contributed by atoms with Crippen LogP contribution in [0.1, 0.15) is 42.6 Å². The molecule has 6 nitrogen and oxygen atoms in total. The lowest BCUT2D eigenvalue weighted by atomic mass is 9.82. The van der Waals surface area contributed by atoms with Gasteiger partial charge in [0.1, 0.15) is 0 Å². The first kappa shape index (κ1) is 16.0. The molecule has 0 radical (unpaired) electrons. The molecule has 2 aromatic rings. The number of nitrogens with one attached hydrogen (secondary N) is 2. The van der Waals surface area contributed by atoms with Gasteiger partial charge in [-0.15, -0.1) is 0 Å². The highest BCUT2D eigenvalue weighted by molar-refractivity contribution is 6.07. The number of carboxylic acid groups (broad SMARTS) is 1. The number of fused-ring (bicyclic) bond motifs is 1. The quantitative estimate of drug-likeness (QED) is 0.764. The summed E-state index contributed by atoms with van der Waals surface area (Å²) in [4.78, 5) is 24.0. The molecule has 0 atom stereocenters. The van der Waals surface area contributed by atoms with Crippen molar-refractivity contribution in [1.82, 2.24) is 15.5 Å². The van der Waals surface area contributed by atoms with Gasteiger partial charge in [0.2, 0.25) is 0 Å². The Kier molecular flexibility index (Phi) is 4.49. The van der Waals surface area contributed by atoms with Gasteiger partial charge in [-0.2, -0.15) is 5.10 Å². The second-order valence-corrected chi connectivity index (χ2v) is 5.56. The van der Waals surface area contributed by atoms with Gasteiger partial charge in [-0.05, 0) is 31.4 Å². The normalized spacial score (nSPS) is 11.6. The number of carbonyl (C=O) groups excluding carboxylic acids is 1. The number of aryl methyl sites for hydroxylation is 1. The van der Waals surface area contributed by atoms with E-state index in [0.717, 1.165) is 16.5 Å². The Morgan fingerprint density at radius 2 is 2.00 bits per heavy atom. The molecule has 0 fully saturated rings. The van der Waals surface area contributed by atoms with Gasteiger partial charge < -0.3 is 10.4 Å². The Morgan fingerprint density at radius 3 is 2.59 bits per heavy atom. The molecule has 0 saturated carbocycles. The molecule has 118 valence electrons. The Bertz CT molecular complexity index is 702. The molecule has 1 heterocycles. The molecule has 0 saturated heterocycles. The number of amides is 1. The van der Waals surface area contributed by atoms with Gasteiger partial charge in [0.25, 0.3) is 5.91 Å². The fourth-order valence-electron chi connectivity index (χ4n) is 2.64. The predicted octanol–water partition coefficient (Wildman–Crippen LogP) is 2.49. The van der Waals surface area contributed by atoms with E-state index in [1.54, 1.807) is 6.20 Å². The maximum absolute atomic E-state index is 12.5. The molecule has 6 heteroatoms. The molecule has 0 bridgehead atoms. The Labute approximate surface area is 128 Å². The Morgan fingerprint density at radius 1 is 1.32 bits per heavy atom. The minimum absolute atomic E-state index is 0.113. The van der Waals surface area contributed by atoms with Crippen molar-refractivity contribution in [2.45, 2.75) is 33.6 Å². The third-order valence-corrected chi connectivity index (χ3v) is 4.45. The first-order chi connectivity index (χ1) is 10.4. The monoisotopic (exact) mass is 303 g/mol. The highest BCUT2D eigenvalue weighted by atomic mass is 16.4. The summed E-state index contributed by atoms with van der Waals surface area (Å²) in [7, 11) is 0. The number of aromatic amines is 1. The first-order valence-electron chi connectivity index (χ1n) is 7.39. The number of rotatable bonds is 6. The number of carbonyl (C=O) groups is 2. The molecule has 1 aromatic heterocycles. The largest absolute Gasteiger partial charge is 0.481 e. The standard InChI is InChI=1S/C16H21N3O3/c1-4-16(5-2,15(21)22)9-17-14(20)13-10(3)6-7-12-11(13)8-18-19-12/h6-8H,4-5,9H2,1-3H3,(H,17,20)(H,18,19)(H,21,22). The molecular weight excluding hydrogens is 282 g/mol. The average Bonchev–Trinajstić information content (AvgIpc) is 2.96. The number of H-pyrrole nitrogens is 1. The molecule has 1 aromatic carbocycles. The van der Waals surface area contributed by atoms with Gasteiger partial charge in [-0.3, -0.25) is 14.7 Å². The van der Waals surface area contributed by atoms with Gasteiger partial charge in [0, 0.05) is 11.9 Å². The third kappa shape index (κ3) is 2.68. The summed E-state index contributed by atoms with van der Waals surface area (Å²) in [5.41, 5.74) is 1.23.